The van der Waals surface area contributed by atoms with Crippen LogP contribution in [0.2, 0.25) is 0 Å². The van der Waals surface area contributed by atoms with Gasteiger partial charge in [-0.05, 0) is 25.5 Å². The molecule has 0 saturated carbocycles. The van der Waals surface area contributed by atoms with Gasteiger partial charge in [0.1, 0.15) is 0 Å². The van der Waals surface area contributed by atoms with Gasteiger partial charge in [0, 0.05) is 26.3 Å². The lowest BCUT2D eigenvalue weighted by Gasteiger charge is -2.16. The first kappa shape index (κ1) is 13.2. The molecule has 0 aliphatic rings. The third-order valence-electron chi connectivity index (χ3n) is 2.47. The maximum absolute atomic E-state index is 5.46. The fourth-order valence-electron chi connectivity index (χ4n) is 1.66. The Morgan fingerprint density at radius 2 is 1.88 bits per heavy atom. The van der Waals surface area contributed by atoms with Gasteiger partial charge in [0.05, 0.1) is 0 Å². The summed E-state index contributed by atoms with van der Waals surface area (Å²) in [7, 11) is 2.16. The number of nitrogens with zero attached hydrogens (tertiary/aromatic N) is 1. The quantitative estimate of drug-likeness (QED) is 0.626. The molecule has 0 aromatic heterocycles. The summed E-state index contributed by atoms with van der Waals surface area (Å²) < 4.78 is 5.46. The zero-order chi connectivity index (χ0) is 11.6. The van der Waals surface area contributed by atoms with Crippen molar-refractivity contribution in [2.45, 2.75) is 26.3 Å². The topological polar surface area (TPSA) is 12.5 Å². The Balaban J connectivity index is 2.09. The highest BCUT2D eigenvalue weighted by Crippen LogP contribution is 2.02. The molecule has 0 atom stereocenters. The molecule has 90 valence electrons. The van der Waals surface area contributed by atoms with Crippen LogP contribution in [0.25, 0.3) is 0 Å². The normalized spacial score (nSPS) is 10.9. The second-order valence-electron chi connectivity index (χ2n) is 4.19. The van der Waals surface area contributed by atoms with Crippen molar-refractivity contribution in [1.29, 1.82) is 0 Å². The van der Waals surface area contributed by atoms with Gasteiger partial charge in [0.15, 0.2) is 0 Å². The maximum Gasteiger partial charge on any atom is 0.0478 e. The molecule has 16 heavy (non-hydrogen) atoms. The van der Waals surface area contributed by atoms with Crippen LogP contribution in [0, 0.1) is 0 Å². The monoisotopic (exact) mass is 221 g/mol. The third kappa shape index (κ3) is 5.89. The summed E-state index contributed by atoms with van der Waals surface area (Å²) in [6.45, 7) is 6.03. The first-order chi connectivity index (χ1) is 7.83. The lowest BCUT2D eigenvalue weighted by Crippen LogP contribution is -2.20. The average molecular weight is 221 g/mol. The first-order valence-electron chi connectivity index (χ1n) is 6.13. The molecule has 0 unspecified atom stereocenters. The molecule has 0 aliphatic heterocycles. The Bertz CT molecular complexity index is 261. The van der Waals surface area contributed by atoms with Crippen molar-refractivity contribution in [3.05, 3.63) is 35.9 Å². The van der Waals surface area contributed by atoms with Gasteiger partial charge in [-0.15, -0.1) is 0 Å². The summed E-state index contributed by atoms with van der Waals surface area (Å²) in [5.41, 5.74) is 1.37. The van der Waals surface area contributed by atoms with Crippen molar-refractivity contribution >= 4 is 0 Å². The van der Waals surface area contributed by atoms with Gasteiger partial charge in [-0.25, -0.2) is 0 Å². The van der Waals surface area contributed by atoms with Gasteiger partial charge < -0.3 is 9.64 Å². The van der Waals surface area contributed by atoms with Gasteiger partial charge in [0.2, 0.25) is 0 Å². The van der Waals surface area contributed by atoms with E-state index in [0.29, 0.717) is 0 Å². The number of ether oxygens (including phenoxy) is 1. The lowest BCUT2D eigenvalue weighted by atomic mass is 10.2. The van der Waals surface area contributed by atoms with E-state index >= 15 is 0 Å². The molecule has 0 heterocycles. The summed E-state index contributed by atoms with van der Waals surface area (Å²) in [5, 5.41) is 0. The van der Waals surface area contributed by atoms with E-state index in [4.69, 9.17) is 4.74 Å². The van der Waals surface area contributed by atoms with Crippen LogP contribution in [-0.2, 0) is 11.3 Å². The smallest absolute Gasteiger partial charge is 0.0478 e. The van der Waals surface area contributed by atoms with E-state index in [1.807, 2.05) is 0 Å². The zero-order valence-corrected chi connectivity index (χ0v) is 10.5. The summed E-state index contributed by atoms with van der Waals surface area (Å²) in [4.78, 5) is 2.34. The second kappa shape index (κ2) is 8.31. The van der Waals surface area contributed by atoms with Crippen LogP contribution < -0.4 is 0 Å². The summed E-state index contributed by atoms with van der Waals surface area (Å²) in [6, 6.07) is 10.6. The van der Waals surface area contributed by atoms with E-state index in [1.54, 1.807) is 0 Å². The summed E-state index contributed by atoms with van der Waals surface area (Å²) in [6.07, 6.45) is 2.23. The van der Waals surface area contributed by atoms with Crippen LogP contribution in [0.3, 0.4) is 0 Å². The molecule has 2 heteroatoms. The van der Waals surface area contributed by atoms with Crippen molar-refractivity contribution in [3.8, 4) is 0 Å². The van der Waals surface area contributed by atoms with E-state index in [1.165, 1.54) is 5.56 Å². The predicted molar refractivity (Wildman–Crippen MR) is 68.5 cm³/mol. The summed E-state index contributed by atoms with van der Waals surface area (Å²) in [5.74, 6) is 0. The van der Waals surface area contributed by atoms with Crippen molar-refractivity contribution < 1.29 is 4.74 Å². The summed E-state index contributed by atoms with van der Waals surface area (Å²) >= 11 is 0. The molecule has 1 aromatic rings. The fraction of sp³-hybridized carbons (Fsp3) is 0.571. The first-order valence-corrected chi connectivity index (χ1v) is 6.13. The van der Waals surface area contributed by atoms with E-state index in [-0.39, 0.29) is 0 Å². The molecular formula is C14H23NO. The van der Waals surface area contributed by atoms with Crippen molar-refractivity contribution in [1.82, 2.24) is 4.90 Å². The van der Waals surface area contributed by atoms with Gasteiger partial charge in [-0.2, -0.15) is 0 Å². The standard InChI is InChI=1S/C14H23NO/c1-3-11-16-12-7-10-15(2)13-14-8-5-4-6-9-14/h4-6,8-9H,3,7,10-13H2,1-2H3. The molecule has 0 spiro atoms. The van der Waals surface area contributed by atoms with Crippen molar-refractivity contribution in [2.75, 3.05) is 26.8 Å². The number of rotatable bonds is 8. The highest BCUT2D eigenvalue weighted by molar-refractivity contribution is 5.14. The Kier molecular flexibility index (Phi) is 6.86. The molecule has 0 aliphatic carbocycles. The average Bonchev–Trinajstić information content (AvgIpc) is 2.30. The van der Waals surface area contributed by atoms with Crippen molar-refractivity contribution in [3.63, 3.8) is 0 Å². The largest absolute Gasteiger partial charge is 0.381 e. The van der Waals surface area contributed by atoms with Crippen molar-refractivity contribution in [2.24, 2.45) is 0 Å². The SMILES string of the molecule is CCCOCCCN(C)Cc1ccccc1. The Morgan fingerprint density at radius 1 is 1.12 bits per heavy atom. The Hall–Kier alpha value is -0.860. The minimum Gasteiger partial charge on any atom is -0.381 e. The number of hydrogen-bond acceptors (Lipinski definition) is 2. The molecule has 1 aromatic carbocycles. The molecule has 2 nitrogen and oxygen atoms in total. The fourth-order valence-corrected chi connectivity index (χ4v) is 1.66. The van der Waals surface area contributed by atoms with Gasteiger partial charge in [0.25, 0.3) is 0 Å². The lowest BCUT2D eigenvalue weighted by molar-refractivity contribution is 0.123. The van der Waals surface area contributed by atoms with Gasteiger partial charge >= 0.3 is 0 Å². The molecular weight excluding hydrogens is 198 g/mol. The van der Waals surface area contributed by atoms with Crippen LogP contribution >= 0.6 is 0 Å². The Labute approximate surface area is 99.2 Å². The zero-order valence-electron chi connectivity index (χ0n) is 10.5. The highest BCUT2D eigenvalue weighted by atomic mass is 16.5. The van der Waals surface area contributed by atoms with E-state index < -0.39 is 0 Å². The second-order valence-corrected chi connectivity index (χ2v) is 4.19. The molecule has 0 amide bonds. The number of benzene rings is 1. The van der Waals surface area contributed by atoms with Crippen LogP contribution in [0.1, 0.15) is 25.3 Å². The van der Waals surface area contributed by atoms with Crippen LogP contribution in [-0.4, -0.2) is 31.7 Å². The minimum absolute atomic E-state index is 0.882. The van der Waals surface area contributed by atoms with Crippen LogP contribution in [0.4, 0.5) is 0 Å². The molecule has 0 saturated heterocycles. The van der Waals surface area contributed by atoms with Crippen LogP contribution in [0.15, 0.2) is 30.3 Å². The molecule has 0 fully saturated rings. The van der Waals surface area contributed by atoms with Gasteiger partial charge in [-0.1, -0.05) is 37.3 Å². The minimum atomic E-state index is 0.882. The molecule has 0 bridgehead atoms. The maximum atomic E-state index is 5.46. The molecule has 0 radical (unpaired) electrons. The van der Waals surface area contributed by atoms with E-state index in [0.717, 1.165) is 39.1 Å². The van der Waals surface area contributed by atoms with Crippen LogP contribution in [0.5, 0.6) is 0 Å². The predicted octanol–water partition coefficient (Wildman–Crippen LogP) is 2.94. The third-order valence-corrected chi connectivity index (χ3v) is 2.47. The number of hydrogen-bond donors (Lipinski definition) is 0. The highest BCUT2D eigenvalue weighted by Gasteiger charge is 1.99. The van der Waals surface area contributed by atoms with E-state index in [2.05, 4.69) is 49.2 Å². The van der Waals surface area contributed by atoms with E-state index in [9.17, 15) is 0 Å². The van der Waals surface area contributed by atoms with Gasteiger partial charge in [-0.3, -0.25) is 0 Å². The molecule has 1 rings (SSSR count). The Morgan fingerprint density at radius 3 is 2.56 bits per heavy atom. The molecule has 0 N–H and O–H groups in total.